The predicted molar refractivity (Wildman–Crippen MR) is 160 cm³/mol. The Morgan fingerprint density at radius 2 is 1.78 bits per heavy atom. The maximum Gasteiger partial charge on any atom is 0.296 e. The van der Waals surface area contributed by atoms with Gasteiger partial charge in [0, 0.05) is 5.75 Å². The number of benzene rings is 3. The highest BCUT2D eigenvalue weighted by Gasteiger charge is 2.45. The number of methoxy groups -OCH3 is 1. The number of aliphatic hydroxyl groups excluding tert-OH is 1. The minimum Gasteiger partial charge on any atom is -0.503 e. The molecule has 8 nitrogen and oxygen atoms in total. The van der Waals surface area contributed by atoms with Crippen molar-refractivity contribution in [2.45, 2.75) is 23.1 Å². The second kappa shape index (κ2) is 12.8. The van der Waals surface area contributed by atoms with Gasteiger partial charge >= 0.3 is 0 Å². The molecule has 0 bridgehead atoms. The van der Waals surface area contributed by atoms with Gasteiger partial charge in [0.1, 0.15) is 0 Å². The summed E-state index contributed by atoms with van der Waals surface area (Å²) in [6.07, 6.45) is 3.01. The van der Waals surface area contributed by atoms with Gasteiger partial charge in [-0.15, -0.1) is 10.2 Å². The standard InChI is InChI=1S/C31H27N3O5S2/c1-3-39-24-17-15-22(18-25(24)38-2)27-26(23(35)16-14-20-10-6-4-7-11-20)28(36)29(37)34(27)30-32-33-31(41-30)40-19-21-12-8-5-9-13-21/h4-18,27,36H,3,19H2,1-2H3. The van der Waals surface area contributed by atoms with Gasteiger partial charge < -0.3 is 14.6 Å². The molecule has 1 aliphatic heterocycles. The Labute approximate surface area is 246 Å². The van der Waals surface area contributed by atoms with Gasteiger partial charge in [-0.25, -0.2) is 0 Å². The van der Waals surface area contributed by atoms with Crippen LogP contribution in [0.25, 0.3) is 6.08 Å². The van der Waals surface area contributed by atoms with E-state index in [1.165, 1.54) is 41.2 Å². The molecule has 5 rings (SSSR count). The molecule has 2 heterocycles. The molecule has 0 spiro atoms. The number of carbonyl (C=O) groups excluding carboxylic acids is 2. The van der Waals surface area contributed by atoms with Crippen molar-refractivity contribution in [3.05, 3.63) is 113 Å². The van der Waals surface area contributed by atoms with Crippen molar-refractivity contribution in [1.29, 1.82) is 0 Å². The molecule has 1 atom stereocenters. The number of allylic oxidation sites excluding steroid dienone is 1. The molecule has 3 aromatic carbocycles. The molecular formula is C31H27N3O5S2. The lowest BCUT2D eigenvalue weighted by Gasteiger charge is -2.24. The van der Waals surface area contributed by atoms with E-state index in [0.29, 0.717) is 33.8 Å². The lowest BCUT2D eigenvalue weighted by atomic mass is 9.95. The molecule has 1 aromatic heterocycles. The fourth-order valence-corrected chi connectivity index (χ4v) is 6.23. The summed E-state index contributed by atoms with van der Waals surface area (Å²) < 4.78 is 11.9. The lowest BCUT2D eigenvalue weighted by molar-refractivity contribution is -0.117. The number of nitrogens with zero attached hydrogens (tertiary/aromatic N) is 3. The minimum atomic E-state index is -0.958. The number of amides is 1. The fraction of sp³-hybridized carbons (Fsp3) is 0.161. The van der Waals surface area contributed by atoms with Gasteiger partial charge in [0.15, 0.2) is 27.4 Å². The highest BCUT2D eigenvalue weighted by molar-refractivity contribution is 8.00. The van der Waals surface area contributed by atoms with Crippen LogP contribution in [0, 0.1) is 0 Å². The molecule has 0 saturated carbocycles. The zero-order valence-corrected chi connectivity index (χ0v) is 24.0. The van der Waals surface area contributed by atoms with Crippen molar-refractivity contribution < 1.29 is 24.2 Å². The summed E-state index contributed by atoms with van der Waals surface area (Å²) in [5.41, 5.74) is 2.43. The third kappa shape index (κ3) is 6.18. The SMILES string of the molecule is CCOc1ccc(C2C(C(=O)C=Cc3ccccc3)=C(O)C(=O)N2c2nnc(SCc3ccccc3)s2)cc1OC. The number of aromatic nitrogens is 2. The number of ether oxygens (including phenoxy) is 2. The first kappa shape index (κ1) is 28.1. The Hall–Kier alpha value is -4.41. The summed E-state index contributed by atoms with van der Waals surface area (Å²) >= 11 is 2.72. The summed E-state index contributed by atoms with van der Waals surface area (Å²) in [6.45, 7) is 2.30. The Morgan fingerprint density at radius 1 is 1.05 bits per heavy atom. The average molecular weight is 586 g/mol. The molecule has 1 unspecified atom stereocenters. The van der Waals surface area contributed by atoms with Gasteiger partial charge in [0.25, 0.3) is 5.91 Å². The maximum absolute atomic E-state index is 13.5. The summed E-state index contributed by atoms with van der Waals surface area (Å²) in [4.78, 5) is 28.4. The third-order valence-corrected chi connectivity index (χ3v) is 8.44. The van der Waals surface area contributed by atoms with Gasteiger partial charge in [0.05, 0.1) is 25.3 Å². The summed E-state index contributed by atoms with van der Waals surface area (Å²) in [6, 6.07) is 23.5. The monoisotopic (exact) mass is 585 g/mol. The van der Waals surface area contributed by atoms with E-state index in [1.807, 2.05) is 67.6 Å². The second-order valence-corrected chi connectivity index (χ2v) is 11.1. The van der Waals surface area contributed by atoms with Crippen LogP contribution in [0.15, 0.2) is 101 Å². The van der Waals surface area contributed by atoms with E-state index in [9.17, 15) is 14.7 Å². The molecule has 0 saturated heterocycles. The molecule has 0 fully saturated rings. The molecule has 1 aliphatic rings. The molecule has 1 N–H and O–H groups in total. The molecule has 1 amide bonds. The number of hydrogen-bond acceptors (Lipinski definition) is 9. The Bertz CT molecular complexity index is 1600. The Morgan fingerprint density at radius 3 is 2.49 bits per heavy atom. The van der Waals surface area contributed by atoms with Crippen molar-refractivity contribution in [3.63, 3.8) is 0 Å². The van der Waals surface area contributed by atoms with Gasteiger partial charge in [-0.2, -0.15) is 0 Å². The van der Waals surface area contributed by atoms with Crippen LogP contribution in [-0.2, 0) is 15.3 Å². The van der Waals surface area contributed by atoms with Crippen molar-refractivity contribution >= 4 is 46.0 Å². The van der Waals surface area contributed by atoms with E-state index in [1.54, 1.807) is 24.3 Å². The number of aliphatic hydroxyl groups is 1. The van der Waals surface area contributed by atoms with Crippen LogP contribution in [0.2, 0.25) is 0 Å². The van der Waals surface area contributed by atoms with Gasteiger partial charge in [-0.05, 0) is 41.8 Å². The van der Waals surface area contributed by atoms with Crippen molar-refractivity contribution in [2.24, 2.45) is 0 Å². The number of hydrogen-bond donors (Lipinski definition) is 1. The molecule has 4 aromatic rings. The molecule has 0 aliphatic carbocycles. The second-order valence-electron chi connectivity index (χ2n) is 8.92. The van der Waals surface area contributed by atoms with Gasteiger partial charge in [-0.3, -0.25) is 14.5 Å². The quantitative estimate of drug-likeness (QED) is 0.122. The maximum atomic E-state index is 13.5. The van der Waals surface area contributed by atoms with Crippen LogP contribution in [0.3, 0.4) is 0 Å². The summed E-state index contributed by atoms with van der Waals surface area (Å²) in [5.74, 6) is -0.209. The smallest absolute Gasteiger partial charge is 0.296 e. The van der Waals surface area contributed by atoms with Gasteiger partial charge in [-0.1, -0.05) is 95.9 Å². The predicted octanol–water partition coefficient (Wildman–Crippen LogP) is 6.42. The van der Waals surface area contributed by atoms with Crippen LogP contribution in [0.4, 0.5) is 5.13 Å². The third-order valence-electron chi connectivity index (χ3n) is 6.31. The number of thioether (sulfide) groups is 1. The van der Waals surface area contributed by atoms with Crippen LogP contribution in [0.5, 0.6) is 11.5 Å². The molecule has 0 radical (unpaired) electrons. The van der Waals surface area contributed by atoms with E-state index in [2.05, 4.69) is 10.2 Å². The molecule has 208 valence electrons. The van der Waals surface area contributed by atoms with E-state index in [-0.39, 0.29) is 10.7 Å². The largest absolute Gasteiger partial charge is 0.503 e. The number of ketones is 1. The van der Waals surface area contributed by atoms with E-state index in [4.69, 9.17) is 9.47 Å². The van der Waals surface area contributed by atoms with Crippen LogP contribution in [0.1, 0.15) is 29.7 Å². The average Bonchev–Trinajstić information content (AvgIpc) is 3.58. The number of carbonyl (C=O) groups is 2. The molecule has 41 heavy (non-hydrogen) atoms. The number of rotatable bonds is 11. The van der Waals surface area contributed by atoms with Crippen LogP contribution in [-0.4, -0.2) is 40.7 Å². The van der Waals surface area contributed by atoms with E-state index >= 15 is 0 Å². The zero-order chi connectivity index (χ0) is 28.8. The van der Waals surface area contributed by atoms with Gasteiger partial charge in [0.2, 0.25) is 5.13 Å². The molecule has 10 heteroatoms. The first-order valence-corrected chi connectivity index (χ1v) is 14.7. The zero-order valence-electron chi connectivity index (χ0n) is 22.4. The highest BCUT2D eigenvalue weighted by atomic mass is 32.2. The number of anilines is 1. The first-order chi connectivity index (χ1) is 20.0. The Balaban J connectivity index is 1.51. The van der Waals surface area contributed by atoms with Crippen molar-refractivity contribution in [3.8, 4) is 11.5 Å². The first-order valence-electron chi connectivity index (χ1n) is 12.8. The van der Waals surface area contributed by atoms with Crippen molar-refractivity contribution in [1.82, 2.24) is 10.2 Å². The minimum absolute atomic E-state index is 0.0536. The highest BCUT2D eigenvalue weighted by Crippen LogP contribution is 2.45. The normalized spacial score (nSPS) is 15.1. The summed E-state index contributed by atoms with van der Waals surface area (Å²) in [7, 11) is 1.52. The lowest BCUT2D eigenvalue weighted by Crippen LogP contribution is -2.30. The van der Waals surface area contributed by atoms with E-state index < -0.39 is 23.5 Å². The topological polar surface area (TPSA) is 102 Å². The summed E-state index contributed by atoms with van der Waals surface area (Å²) in [5, 5.41) is 19.9. The van der Waals surface area contributed by atoms with Crippen LogP contribution < -0.4 is 14.4 Å². The Kier molecular flexibility index (Phi) is 8.81. The van der Waals surface area contributed by atoms with E-state index in [0.717, 1.165) is 11.1 Å². The molecular weight excluding hydrogens is 558 g/mol. The van der Waals surface area contributed by atoms with Crippen LogP contribution >= 0.6 is 23.1 Å². The fourth-order valence-electron chi connectivity index (χ4n) is 4.40. The van der Waals surface area contributed by atoms with Crippen molar-refractivity contribution in [2.75, 3.05) is 18.6 Å².